The average molecular weight is 236 g/mol. The summed E-state index contributed by atoms with van der Waals surface area (Å²) in [5.41, 5.74) is 0. The lowest BCUT2D eigenvalue weighted by Crippen LogP contribution is -2.52. The molecule has 1 heterocycles. The van der Waals surface area contributed by atoms with Gasteiger partial charge >= 0.3 is 5.97 Å². The van der Waals surface area contributed by atoms with Crippen molar-refractivity contribution < 1.29 is 17.9 Å². The van der Waals surface area contributed by atoms with Crippen LogP contribution >= 0.6 is 0 Å². The van der Waals surface area contributed by atoms with Crippen molar-refractivity contribution in [3.63, 3.8) is 0 Å². The topological polar surface area (TPSA) is 75.7 Å². The summed E-state index contributed by atoms with van der Waals surface area (Å²) >= 11 is 0. The van der Waals surface area contributed by atoms with Crippen LogP contribution in [-0.4, -0.2) is 57.2 Å². The standard InChI is InChI=1S/C8H16N2O4S/c1-7-5-10(4-3-9-7)15(12,13)6-8(11)14-2/h7,9H,3-6H2,1-2H3/t7-/m1/s1. The van der Waals surface area contributed by atoms with E-state index >= 15 is 0 Å². The first-order valence-electron chi connectivity index (χ1n) is 4.73. The maximum atomic E-state index is 11.7. The molecule has 0 radical (unpaired) electrons. The van der Waals surface area contributed by atoms with Gasteiger partial charge in [0.1, 0.15) is 0 Å². The normalized spacial score (nSPS) is 23.7. The summed E-state index contributed by atoms with van der Waals surface area (Å²) < 4.78 is 29.1. The first-order chi connectivity index (χ1) is 6.95. The smallest absolute Gasteiger partial charge is 0.322 e. The second-order valence-electron chi connectivity index (χ2n) is 3.55. The molecule has 0 bridgehead atoms. The fourth-order valence-corrected chi connectivity index (χ4v) is 2.87. The van der Waals surface area contributed by atoms with Crippen molar-refractivity contribution in [3.8, 4) is 0 Å². The Morgan fingerprint density at radius 1 is 1.60 bits per heavy atom. The van der Waals surface area contributed by atoms with E-state index in [1.807, 2.05) is 6.92 Å². The first kappa shape index (κ1) is 12.4. The molecular weight excluding hydrogens is 220 g/mol. The van der Waals surface area contributed by atoms with Crippen LogP contribution in [0.4, 0.5) is 0 Å². The Labute approximate surface area is 89.6 Å². The molecule has 6 nitrogen and oxygen atoms in total. The van der Waals surface area contributed by atoms with E-state index in [0.717, 1.165) is 0 Å². The minimum Gasteiger partial charge on any atom is -0.468 e. The number of hydrogen-bond acceptors (Lipinski definition) is 5. The first-order valence-corrected chi connectivity index (χ1v) is 6.34. The van der Waals surface area contributed by atoms with Crippen LogP contribution in [0.15, 0.2) is 0 Å². The van der Waals surface area contributed by atoms with Gasteiger partial charge in [-0.2, -0.15) is 4.31 Å². The number of methoxy groups -OCH3 is 1. The molecule has 1 atom stereocenters. The zero-order valence-corrected chi connectivity index (χ0v) is 9.71. The van der Waals surface area contributed by atoms with Gasteiger partial charge in [0.25, 0.3) is 0 Å². The zero-order valence-electron chi connectivity index (χ0n) is 8.89. The van der Waals surface area contributed by atoms with Crippen molar-refractivity contribution in [1.29, 1.82) is 0 Å². The van der Waals surface area contributed by atoms with Crippen molar-refractivity contribution in [2.75, 3.05) is 32.5 Å². The molecule has 0 aromatic rings. The van der Waals surface area contributed by atoms with E-state index in [1.165, 1.54) is 11.4 Å². The van der Waals surface area contributed by atoms with Gasteiger partial charge in [-0.05, 0) is 6.92 Å². The Hall–Kier alpha value is -0.660. The van der Waals surface area contributed by atoms with Gasteiger partial charge in [-0.25, -0.2) is 8.42 Å². The maximum absolute atomic E-state index is 11.7. The Morgan fingerprint density at radius 3 is 2.80 bits per heavy atom. The van der Waals surface area contributed by atoms with Crippen molar-refractivity contribution in [2.45, 2.75) is 13.0 Å². The molecular formula is C8H16N2O4S. The van der Waals surface area contributed by atoms with Crippen LogP contribution in [0.3, 0.4) is 0 Å². The minimum atomic E-state index is -3.51. The highest BCUT2D eigenvalue weighted by molar-refractivity contribution is 7.89. The van der Waals surface area contributed by atoms with E-state index < -0.39 is 21.7 Å². The summed E-state index contributed by atoms with van der Waals surface area (Å²) in [6.45, 7) is 3.32. The third-order valence-electron chi connectivity index (χ3n) is 2.25. The number of rotatable bonds is 3. The molecule has 0 spiro atoms. The number of nitrogens with zero attached hydrogens (tertiary/aromatic N) is 1. The monoisotopic (exact) mass is 236 g/mol. The van der Waals surface area contributed by atoms with E-state index in [4.69, 9.17) is 0 Å². The van der Waals surface area contributed by atoms with E-state index in [9.17, 15) is 13.2 Å². The predicted octanol–water partition coefficient (Wildman–Crippen LogP) is -1.22. The van der Waals surface area contributed by atoms with Crippen LogP contribution in [0.2, 0.25) is 0 Å². The van der Waals surface area contributed by atoms with Gasteiger partial charge in [-0.1, -0.05) is 0 Å². The van der Waals surface area contributed by atoms with Gasteiger partial charge in [-0.15, -0.1) is 0 Å². The summed E-state index contributed by atoms with van der Waals surface area (Å²) in [4.78, 5) is 10.9. The number of nitrogens with one attached hydrogen (secondary N) is 1. The van der Waals surface area contributed by atoms with Crippen LogP contribution in [0.5, 0.6) is 0 Å². The number of carbonyl (C=O) groups is 1. The fraction of sp³-hybridized carbons (Fsp3) is 0.875. The van der Waals surface area contributed by atoms with Gasteiger partial charge in [-0.3, -0.25) is 4.79 Å². The van der Waals surface area contributed by atoms with Gasteiger partial charge in [0.15, 0.2) is 5.75 Å². The Kier molecular flexibility index (Phi) is 4.06. The van der Waals surface area contributed by atoms with E-state index in [-0.39, 0.29) is 6.04 Å². The third kappa shape index (κ3) is 3.44. The van der Waals surface area contributed by atoms with Gasteiger partial charge < -0.3 is 10.1 Å². The fourth-order valence-electron chi connectivity index (χ4n) is 1.45. The molecule has 1 fully saturated rings. The number of carbonyl (C=O) groups excluding carboxylic acids is 1. The number of sulfonamides is 1. The molecule has 15 heavy (non-hydrogen) atoms. The molecule has 1 saturated heterocycles. The van der Waals surface area contributed by atoms with Crippen LogP contribution in [0.1, 0.15) is 6.92 Å². The highest BCUT2D eigenvalue weighted by Crippen LogP contribution is 2.06. The van der Waals surface area contributed by atoms with E-state index in [1.54, 1.807) is 0 Å². The number of piperazine rings is 1. The van der Waals surface area contributed by atoms with Crippen LogP contribution in [-0.2, 0) is 19.6 Å². The van der Waals surface area contributed by atoms with Gasteiger partial charge in [0, 0.05) is 25.7 Å². The molecule has 0 amide bonds. The van der Waals surface area contributed by atoms with Crippen LogP contribution in [0, 0.1) is 0 Å². The lowest BCUT2D eigenvalue weighted by molar-refractivity contribution is -0.137. The lowest BCUT2D eigenvalue weighted by Gasteiger charge is -2.30. The largest absolute Gasteiger partial charge is 0.468 e. The quantitative estimate of drug-likeness (QED) is 0.622. The molecule has 1 rings (SSSR count). The second-order valence-corrected chi connectivity index (χ2v) is 5.51. The SMILES string of the molecule is COC(=O)CS(=O)(=O)N1CCN[C@H](C)C1. The predicted molar refractivity (Wildman–Crippen MR) is 54.8 cm³/mol. The van der Waals surface area contributed by atoms with Crippen LogP contribution in [0.25, 0.3) is 0 Å². The van der Waals surface area contributed by atoms with Crippen molar-refractivity contribution >= 4 is 16.0 Å². The van der Waals surface area contributed by atoms with Crippen molar-refractivity contribution in [1.82, 2.24) is 9.62 Å². The van der Waals surface area contributed by atoms with Crippen molar-refractivity contribution in [3.05, 3.63) is 0 Å². The maximum Gasteiger partial charge on any atom is 0.322 e. The van der Waals surface area contributed by atoms with Crippen molar-refractivity contribution in [2.24, 2.45) is 0 Å². The molecule has 0 saturated carbocycles. The Bertz CT molecular complexity index is 328. The zero-order chi connectivity index (χ0) is 11.5. The summed E-state index contributed by atoms with van der Waals surface area (Å²) in [5, 5.41) is 3.13. The molecule has 0 aromatic heterocycles. The molecule has 1 aliphatic heterocycles. The Morgan fingerprint density at radius 2 is 2.27 bits per heavy atom. The number of esters is 1. The van der Waals surface area contributed by atoms with E-state index in [0.29, 0.717) is 19.6 Å². The minimum absolute atomic E-state index is 0.117. The van der Waals surface area contributed by atoms with Crippen LogP contribution < -0.4 is 5.32 Å². The molecule has 7 heteroatoms. The summed E-state index contributed by atoms with van der Waals surface area (Å²) in [7, 11) is -2.33. The highest BCUT2D eigenvalue weighted by atomic mass is 32.2. The Balaban J connectivity index is 2.64. The molecule has 88 valence electrons. The van der Waals surface area contributed by atoms with Gasteiger partial charge in [0.05, 0.1) is 7.11 Å². The highest BCUT2D eigenvalue weighted by Gasteiger charge is 2.29. The third-order valence-corrected chi connectivity index (χ3v) is 3.97. The van der Waals surface area contributed by atoms with E-state index in [2.05, 4.69) is 10.1 Å². The lowest BCUT2D eigenvalue weighted by atomic mass is 10.3. The molecule has 1 N–H and O–H groups in total. The summed E-state index contributed by atoms with van der Waals surface area (Å²) in [5.74, 6) is -1.29. The molecule has 1 aliphatic rings. The molecule has 0 unspecified atom stereocenters. The summed E-state index contributed by atoms with van der Waals surface area (Å²) in [6, 6.07) is 0.117. The molecule has 0 aromatic carbocycles. The summed E-state index contributed by atoms with van der Waals surface area (Å²) in [6.07, 6.45) is 0. The number of hydrogen-bond donors (Lipinski definition) is 1. The second kappa shape index (κ2) is 4.91. The molecule has 0 aliphatic carbocycles. The average Bonchev–Trinajstić information content (AvgIpc) is 2.17. The van der Waals surface area contributed by atoms with Gasteiger partial charge in [0.2, 0.25) is 10.0 Å². The number of ether oxygens (including phenoxy) is 1.